The maximum atomic E-state index is 4.32. The highest BCUT2D eigenvalue weighted by Gasteiger charge is 2.20. The molecule has 0 amide bonds. The molecule has 0 atom stereocenters. The lowest BCUT2D eigenvalue weighted by Gasteiger charge is -2.04. The van der Waals surface area contributed by atoms with Gasteiger partial charge in [0.15, 0.2) is 0 Å². The average molecular weight is 239 g/mol. The van der Waals surface area contributed by atoms with Gasteiger partial charge in [0, 0.05) is 12.5 Å². The van der Waals surface area contributed by atoms with E-state index in [4.69, 9.17) is 0 Å². The number of rotatable bonds is 5. The fourth-order valence-electron chi connectivity index (χ4n) is 2.14. The van der Waals surface area contributed by atoms with Gasteiger partial charge in [-0.3, -0.25) is 0 Å². The van der Waals surface area contributed by atoms with Crippen molar-refractivity contribution in [3.05, 3.63) is 10.0 Å². The van der Waals surface area contributed by atoms with Gasteiger partial charge in [-0.05, 0) is 25.3 Å². The van der Waals surface area contributed by atoms with Crippen LogP contribution in [0.5, 0.6) is 0 Å². The van der Waals surface area contributed by atoms with Crippen molar-refractivity contribution in [2.75, 3.05) is 6.54 Å². The Labute approximate surface area is 102 Å². The lowest BCUT2D eigenvalue weighted by atomic mass is 10.1. The van der Waals surface area contributed by atoms with Crippen molar-refractivity contribution in [1.29, 1.82) is 0 Å². The normalized spacial score (nSPS) is 17.4. The topological polar surface area (TPSA) is 37.8 Å². The second kappa shape index (κ2) is 5.73. The number of hydrogen-bond donors (Lipinski definition) is 1. The van der Waals surface area contributed by atoms with Crippen molar-refractivity contribution < 1.29 is 0 Å². The van der Waals surface area contributed by atoms with Gasteiger partial charge in [0.05, 0.1) is 0 Å². The molecule has 1 aliphatic rings. The molecule has 0 spiro atoms. The highest BCUT2D eigenvalue weighted by molar-refractivity contribution is 7.11. The van der Waals surface area contributed by atoms with Crippen LogP contribution in [0.15, 0.2) is 0 Å². The molecule has 0 bridgehead atoms. The number of nitrogens with one attached hydrogen (secondary N) is 1. The summed E-state index contributed by atoms with van der Waals surface area (Å²) < 4.78 is 0. The van der Waals surface area contributed by atoms with Gasteiger partial charge in [0.2, 0.25) is 0 Å². The molecule has 90 valence electrons. The zero-order valence-corrected chi connectivity index (χ0v) is 11.0. The Bertz CT molecular complexity index is 316. The lowest BCUT2D eigenvalue weighted by molar-refractivity contribution is 0.550. The van der Waals surface area contributed by atoms with Gasteiger partial charge >= 0.3 is 0 Å². The van der Waals surface area contributed by atoms with Gasteiger partial charge in [0.25, 0.3) is 0 Å². The molecule has 1 saturated carbocycles. The minimum Gasteiger partial charge on any atom is -0.310 e. The number of hydrogen-bond acceptors (Lipinski definition) is 4. The zero-order chi connectivity index (χ0) is 11.4. The Morgan fingerprint density at radius 1 is 1.31 bits per heavy atom. The molecule has 1 N–H and O–H groups in total. The Morgan fingerprint density at radius 2 is 2.06 bits per heavy atom. The third-order valence-electron chi connectivity index (χ3n) is 3.02. The van der Waals surface area contributed by atoms with E-state index in [1.807, 2.05) is 0 Å². The molecular formula is C12H21N3S. The lowest BCUT2D eigenvalue weighted by Crippen LogP contribution is -2.18. The molecular weight excluding hydrogens is 218 g/mol. The molecule has 0 aliphatic heterocycles. The predicted octanol–water partition coefficient (Wildman–Crippen LogP) is 2.94. The SMILES string of the molecule is CC(C)CNCc1nnc(C2CCCC2)s1. The van der Waals surface area contributed by atoms with E-state index in [0.29, 0.717) is 11.8 Å². The largest absolute Gasteiger partial charge is 0.310 e. The summed E-state index contributed by atoms with van der Waals surface area (Å²) in [7, 11) is 0. The Morgan fingerprint density at radius 3 is 2.75 bits per heavy atom. The van der Waals surface area contributed by atoms with Gasteiger partial charge in [-0.1, -0.05) is 38.0 Å². The Balaban J connectivity index is 1.82. The number of nitrogens with zero attached hydrogens (tertiary/aromatic N) is 2. The molecule has 3 nitrogen and oxygen atoms in total. The minimum absolute atomic E-state index is 0.697. The summed E-state index contributed by atoms with van der Waals surface area (Å²) in [6.45, 7) is 6.37. The van der Waals surface area contributed by atoms with Crippen molar-refractivity contribution in [3.8, 4) is 0 Å². The standard InChI is InChI=1S/C12H21N3S/c1-9(2)7-13-8-11-14-15-12(16-11)10-5-3-4-6-10/h9-10,13H,3-8H2,1-2H3. The van der Waals surface area contributed by atoms with Gasteiger partial charge < -0.3 is 5.32 Å². The molecule has 0 radical (unpaired) electrons. The smallest absolute Gasteiger partial charge is 0.131 e. The molecule has 2 rings (SSSR count). The molecule has 1 heterocycles. The fraction of sp³-hybridized carbons (Fsp3) is 0.833. The third-order valence-corrected chi connectivity index (χ3v) is 4.10. The van der Waals surface area contributed by atoms with E-state index < -0.39 is 0 Å². The maximum absolute atomic E-state index is 4.32. The van der Waals surface area contributed by atoms with E-state index in [2.05, 4.69) is 29.4 Å². The highest BCUT2D eigenvalue weighted by atomic mass is 32.1. The van der Waals surface area contributed by atoms with Crippen LogP contribution < -0.4 is 5.32 Å². The van der Waals surface area contributed by atoms with Gasteiger partial charge in [0.1, 0.15) is 10.0 Å². The van der Waals surface area contributed by atoms with Gasteiger partial charge in [-0.2, -0.15) is 0 Å². The van der Waals surface area contributed by atoms with Crippen LogP contribution in [0.3, 0.4) is 0 Å². The minimum atomic E-state index is 0.697. The Kier molecular flexibility index (Phi) is 4.29. The first-order chi connectivity index (χ1) is 7.75. The highest BCUT2D eigenvalue weighted by Crippen LogP contribution is 2.35. The quantitative estimate of drug-likeness (QED) is 0.858. The number of aromatic nitrogens is 2. The second-order valence-corrected chi connectivity index (χ2v) is 6.13. The molecule has 1 aromatic rings. The summed E-state index contributed by atoms with van der Waals surface area (Å²) in [6.07, 6.45) is 5.36. The predicted molar refractivity (Wildman–Crippen MR) is 67.7 cm³/mol. The van der Waals surface area contributed by atoms with Crippen molar-refractivity contribution >= 4 is 11.3 Å². The molecule has 1 aliphatic carbocycles. The maximum Gasteiger partial charge on any atom is 0.131 e. The second-order valence-electron chi connectivity index (χ2n) is 5.04. The Hall–Kier alpha value is -0.480. The van der Waals surface area contributed by atoms with E-state index in [9.17, 15) is 0 Å². The van der Waals surface area contributed by atoms with Crippen molar-refractivity contribution in [2.45, 2.75) is 52.0 Å². The van der Waals surface area contributed by atoms with Crippen LogP contribution in [0.4, 0.5) is 0 Å². The average Bonchev–Trinajstić information content (AvgIpc) is 2.85. The molecule has 1 aromatic heterocycles. The summed E-state index contributed by atoms with van der Waals surface area (Å²) in [5, 5.41) is 14.4. The summed E-state index contributed by atoms with van der Waals surface area (Å²) in [6, 6.07) is 0. The first-order valence-corrected chi connectivity index (χ1v) is 7.10. The first kappa shape index (κ1) is 12.0. The summed E-state index contributed by atoms with van der Waals surface area (Å²) >= 11 is 1.80. The van der Waals surface area contributed by atoms with E-state index >= 15 is 0 Å². The van der Waals surface area contributed by atoms with Gasteiger partial charge in [-0.15, -0.1) is 10.2 Å². The monoisotopic (exact) mass is 239 g/mol. The van der Waals surface area contributed by atoms with E-state index in [-0.39, 0.29) is 0 Å². The van der Waals surface area contributed by atoms with Crippen LogP contribution in [-0.4, -0.2) is 16.7 Å². The first-order valence-electron chi connectivity index (χ1n) is 6.28. The van der Waals surface area contributed by atoms with Crippen molar-refractivity contribution in [1.82, 2.24) is 15.5 Å². The van der Waals surface area contributed by atoms with Crippen molar-refractivity contribution in [2.24, 2.45) is 5.92 Å². The summed E-state index contributed by atoms with van der Waals surface area (Å²) in [5.74, 6) is 1.40. The zero-order valence-electron chi connectivity index (χ0n) is 10.2. The summed E-state index contributed by atoms with van der Waals surface area (Å²) in [4.78, 5) is 0. The van der Waals surface area contributed by atoms with E-state index in [1.54, 1.807) is 11.3 Å². The summed E-state index contributed by atoms with van der Waals surface area (Å²) in [5.41, 5.74) is 0. The molecule has 0 unspecified atom stereocenters. The fourth-order valence-corrected chi connectivity index (χ4v) is 3.12. The molecule has 0 aromatic carbocycles. The molecule has 0 saturated heterocycles. The van der Waals surface area contributed by atoms with Crippen LogP contribution in [0.1, 0.15) is 55.5 Å². The molecule has 16 heavy (non-hydrogen) atoms. The van der Waals surface area contributed by atoms with E-state index in [1.165, 1.54) is 30.7 Å². The van der Waals surface area contributed by atoms with Gasteiger partial charge in [-0.25, -0.2) is 0 Å². The van der Waals surface area contributed by atoms with Crippen LogP contribution in [0.25, 0.3) is 0 Å². The van der Waals surface area contributed by atoms with E-state index in [0.717, 1.165) is 18.1 Å². The third kappa shape index (κ3) is 3.25. The van der Waals surface area contributed by atoms with Crippen LogP contribution in [0, 0.1) is 5.92 Å². The molecule has 1 fully saturated rings. The molecule has 4 heteroatoms. The van der Waals surface area contributed by atoms with Crippen LogP contribution in [0.2, 0.25) is 0 Å². The van der Waals surface area contributed by atoms with Crippen LogP contribution >= 0.6 is 11.3 Å². The van der Waals surface area contributed by atoms with Crippen LogP contribution in [-0.2, 0) is 6.54 Å². The van der Waals surface area contributed by atoms with Crippen molar-refractivity contribution in [3.63, 3.8) is 0 Å².